The lowest BCUT2D eigenvalue weighted by molar-refractivity contribution is 0.273. The molecule has 2 aromatic rings. The molecule has 0 unspecified atom stereocenters. The van der Waals surface area contributed by atoms with Crippen LogP contribution >= 0.6 is 11.6 Å². The van der Waals surface area contributed by atoms with E-state index >= 15 is 0 Å². The van der Waals surface area contributed by atoms with Crippen molar-refractivity contribution in [1.29, 1.82) is 0 Å². The SMILES string of the molecule is O=S(=O)(c1ccc(F)cc1)N1CCN(S(=O)(=O)c2ccc(Cl)cc2)CC1. The van der Waals surface area contributed by atoms with E-state index in [-0.39, 0.29) is 36.0 Å². The highest BCUT2D eigenvalue weighted by Crippen LogP contribution is 2.22. The van der Waals surface area contributed by atoms with Crippen molar-refractivity contribution in [1.82, 2.24) is 8.61 Å². The average Bonchev–Trinajstić information content (AvgIpc) is 2.62. The zero-order valence-electron chi connectivity index (χ0n) is 13.5. The van der Waals surface area contributed by atoms with Gasteiger partial charge in [-0.25, -0.2) is 21.2 Å². The Morgan fingerprint density at radius 2 is 1.04 bits per heavy atom. The standard InChI is InChI=1S/C16H16ClFN2O4S2/c17-13-1-5-15(6-2-13)25(21,22)19-9-11-20(12-10-19)26(23,24)16-7-3-14(18)4-8-16/h1-8H,9-12H2. The van der Waals surface area contributed by atoms with Crippen molar-refractivity contribution in [2.24, 2.45) is 0 Å². The first-order valence-corrected chi connectivity index (χ1v) is 11.0. The maximum atomic E-state index is 13.0. The van der Waals surface area contributed by atoms with Gasteiger partial charge >= 0.3 is 0 Å². The van der Waals surface area contributed by atoms with Gasteiger partial charge in [-0.15, -0.1) is 0 Å². The van der Waals surface area contributed by atoms with Gasteiger partial charge in [0.25, 0.3) is 0 Å². The third-order valence-electron chi connectivity index (χ3n) is 4.10. The van der Waals surface area contributed by atoms with E-state index in [2.05, 4.69) is 0 Å². The Morgan fingerprint density at radius 1 is 0.692 bits per heavy atom. The summed E-state index contributed by atoms with van der Waals surface area (Å²) in [4.78, 5) is 0.0876. The molecule has 0 amide bonds. The van der Waals surface area contributed by atoms with Gasteiger partial charge in [0.15, 0.2) is 0 Å². The van der Waals surface area contributed by atoms with Gasteiger partial charge < -0.3 is 0 Å². The van der Waals surface area contributed by atoms with Crippen LogP contribution in [0.1, 0.15) is 0 Å². The minimum Gasteiger partial charge on any atom is -0.207 e. The first-order valence-electron chi connectivity index (χ1n) is 7.73. The van der Waals surface area contributed by atoms with Crippen molar-refractivity contribution in [3.8, 4) is 0 Å². The molecule has 0 aliphatic carbocycles. The second-order valence-corrected chi connectivity index (χ2v) is 10.0. The number of hydrogen-bond donors (Lipinski definition) is 0. The summed E-state index contributed by atoms with van der Waals surface area (Å²) in [6, 6.07) is 10.4. The zero-order valence-corrected chi connectivity index (χ0v) is 15.9. The molecule has 140 valence electrons. The maximum Gasteiger partial charge on any atom is 0.243 e. The Labute approximate surface area is 156 Å². The molecule has 1 aliphatic heterocycles. The molecule has 0 spiro atoms. The van der Waals surface area contributed by atoms with E-state index in [1.807, 2.05) is 0 Å². The molecule has 0 N–H and O–H groups in total. The lowest BCUT2D eigenvalue weighted by Gasteiger charge is -2.33. The van der Waals surface area contributed by atoms with Crippen LogP contribution in [0.5, 0.6) is 0 Å². The molecular formula is C16H16ClFN2O4S2. The van der Waals surface area contributed by atoms with E-state index < -0.39 is 25.9 Å². The summed E-state index contributed by atoms with van der Waals surface area (Å²) in [7, 11) is -7.50. The monoisotopic (exact) mass is 418 g/mol. The van der Waals surface area contributed by atoms with Crippen molar-refractivity contribution >= 4 is 31.6 Å². The van der Waals surface area contributed by atoms with Crippen LogP contribution in [0, 0.1) is 5.82 Å². The lowest BCUT2D eigenvalue weighted by Crippen LogP contribution is -2.50. The third-order valence-corrected chi connectivity index (χ3v) is 8.18. The summed E-state index contributed by atoms with van der Waals surface area (Å²) < 4.78 is 65.9. The molecule has 6 nitrogen and oxygen atoms in total. The Hall–Kier alpha value is -1.52. The van der Waals surface area contributed by atoms with Crippen molar-refractivity contribution in [2.75, 3.05) is 26.2 Å². The topological polar surface area (TPSA) is 74.8 Å². The molecule has 0 radical (unpaired) electrons. The second kappa shape index (κ2) is 7.24. The van der Waals surface area contributed by atoms with Crippen LogP contribution in [0.4, 0.5) is 4.39 Å². The lowest BCUT2D eigenvalue weighted by atomic mass is 10.4. The molecule has 0 saturated carbocycles. The number of sulfonamides is 2. The Bertz CT molecular complexity index is 902. The summed E-state index contributed by atoms with van der Waals surface area (Å²) in [5.74, 6) is -0.525. The molecule has 0 atom stereocenters. The highest BCUT2D eigenvalue weighted by Gasteiger charge is 2.33. The molecule has 2 aromatic carbocycles. The van der Waals surface area contributed by atoms with E-state index in [0.29, 0.717) is 5.02 Å². The van der Waals surface area contributed by atoms with Gasteiger partial charge in [0.2, 0.25) is 20.0 Å². The first kappa shape index (κ1) is 19.2. The highest BCUT2D eigenvalue weighted by atomic mass is 35.5. The molecule has 0 bridgehead atoms. The van der Waals surface area contributed by atoms with E-state index in [1.54, 1.807) is 0 Å². The van der Waals surface area contributed by atoms with Crippen molar-refractivity contribution in [3.05, 3.63) is 59.4 Å². The highest BCUT2D eigenvalue weighted by molar-refractivity contribution is 7.89. The Kier molecular flexibility index (Phi) is 5.36. The average molecular weight is 419 g/mol. The molecule has 1 aliphatic rings. The predicted molar refractivity (Wildman–Crippen MR) is 95.4 cm³/mol. The number of nitrogens with zero attached hydrogens (tertiary/aromatic N) is 2. The fraction of sp³-hybridized carbons (Fsp3) is 0.250. The number of piperazine rings is 1. The normalized spacial score (nSPS) is 17.3. The fourth-order valence-corrected chi connectivity index (χ4v) is 5.63. The quantitative estimate of drug-likeness (QED) is 0.762. The summed E-state index contributed by atoms with van der Waals surface area (Å²) in [5, 5.41) is 0.430. The van der Waals surface area contributed by atoms with Gasteiger partial charge in [-0.3, -0.25) is 0 Å². The van der Waals surface area contributed by atoms with Crippen LogP contribution in [0.3, 0.4) is 0 Å². The third kappa shape index (κ3) is 3.77. The molecule has 1 fully saturated rings. The molecule has 1 saturated heterocycles. The Balaban J connectivity index is 1.74. The van der Waals surface area contributed by atoms with Crippen LogP contribution in [0.2, 0.25) is 5.02 Å². The smallest absolute Gasteiger partial charge is 0.207 e. The van der Waals surface area contributed by atoms with Gasteiger partial charge in [0.05, 0.1) is 9.79 Å². The van der Waals surface area contributed by atoms with Gasteiger partial charge in [0.1, 0.15) is 5.82 Å². The Morgan fingerprint density at radius 3 is 1.42 bits per heavy atom. The van der Waals surface area contributed by atoms with Gasteiger partial charge in [0, 0.05) is 31.2 Å². The molecule has 1 heterocycles. The van der Waals surface area contributed by atoms with E-state index in [4.69, 9.17) is 11.6 Å². The summed E-state index contributed by atoms with van der Waals surface area (Å²) in [6.07, 6.45) is 0. The predicted octanol–water partition coefficient (Wildman–Crippen LogP) is 2.17. The number of rotatable bonds is 4. The second-order valence-electron chi connectivity index (χ2n) is 5.72. The molecule has 3 rings (SSSR count). The number of halogens is 2. The van der Waals surface area contributed by atoms with E-state index in [0.717, 1.165) is 12.1 Å². The van der Waals surface area contributed by atoms with Crippen LogP contribution < -0.4 is 0 Å². The first-order chi connectivity index (χ1) is 12.2. The van der Waals surface area contributed by atoms with Crippen LogP contribution in [-0.4, -0.2) is 51.6 Å². The van der Waals surface area contributed by atoms with Gasteiger partial charge in [-0.2, -0.15) is 8.61 Å². The number of benzene rings is 2. The minimum absolute atomic E-state index is 0.0204. The summed E-state index contributed by atoms with van der Waals surface area (Å²) >= 11 is 5.78. The van der Waals surface area contributed by atoms with E-state index in [9.17, 15) is 21.2 Å². The van der Waals surface area contributed by atoms with Gasteiger partial charge in [-0.05, 0) is 48.5 Å². The summed E-state index contributed by atoms with van der Waals surface area (Å²) in [5.41, 5.74) is 0. The van der Waals surface area contributed by atoms with Crippen molar-refractivity contribution in [2.45, 2.75) is 9.79 Å². The zero-order chi connectivity index (χ0) is 18.9. The van der Waals surface area contributed by atoms with Crippen molar-refractivity contribution in [3.63, 3.8) is 0 Å². The molecule has 26 heavy (non-hydrogen) atoms. The minimum atomic E-state index is -3.79. The molecule has 10 heteroatoms. The van der Waals surface area contributed by atoms with E-state index in [1.165, 1.54) is 45.0 Å². The largest absolute Gasteiger partial charge is 0.243 e. The van der Waals surface area contributed by atoms with Crippen LogP contribution in [0.15, 0.2) is 58.3 Å². The fourth-order valence-electron chi connectivity index (χ4n) is 2.66. The van der Waals surface area contributed by atoms with Crippen LogP contribution in [0.25, 0.3) is 0 Å². The number of hydrogen-bond acceptors (Lipinski definition) is 4. The van der Waals surface area contributed by atoms with Crippen LogP contribution in [-0.2, 0) is 20.0 Å². The molecule has 0 aromatic heterocycles. The summed E-state index contributed by atoms with van der Waals surface area (Å²) in [6.45, 7) is 0.107. The molecular weight excluding hydrogens is 403 g/mol. The van der Waals surface area contributed by atoms with Crippen molar-refractivity contribution < 1.29 is 21.2 Å². The van der Waals surface area contributed by atoms with Gasteiger partial charge in [-0.1, -0.05) is 11.6 Å². The maximum absolute atomic E-state index is 13.0.